The largest absolute Gasteiger partial charge is 0.349 e. The number of non-ortho nitro benzene ring substituents is 1. The molecule has 0 saturated heterocycles. The first kappa shape index (κ1) is 15.4. The third-order valence-corrected chi connectivity index (χ3v) is 3.88. The van der Waals surface area contributed by atoms with Gasteiger partial charge in [0.1, 0.15) is 5.82 Å². The molecule has 0 spiro atoms. The van der Waals surface area contributed by atoms with Gasteiger partial charge in [0.05, 0.1) is 11.0 Å². The number of nitrogens with zero attached hydrogens (tertiary/aromatic N) is 1. The van der Waals surface area contributed by atoms with Crippen molar-refractivity contribution in [3.63, 3.8) is 0 Å². The van der Waals surface area contributed by atoms with Gasteiger partial charge >= 0.3 is 0 Å². The number of amides is 1. The number of hydrogen-bond acceptors (Lipinski definition) is 4. The molecule has 0 aliphatic heterocycles. The number of nitro benzene ring substituents is 1. The van der Waals surface area contributed by atoms with Gasteiger partial charge in [-0.2, -0.15) is 0 Å². The van der Waals surface area contributed by atoms with Crippen LogP contribution in [0.4, 0.5) is 10.1 Å². The molecule has 114 valence electrons. The van der Waals surface area contributed by atoms with Crippen molar-refractivity contribution in [3.05, 3.63) is 39.7 Å². The Bertz CT molecular complexity index is 550. The van der Waals surface area contributed by atoms with Crippen LogP contribution in [-0.2, 0) is 0 Å². The summed E-state index contributed by atoms with van der Waals surface area (Å²) < 4.78 is 13.4. The van der Waals surface area contributed by atoms with E-state index in [1.807, 2.05) is 0 Å². The van der Waals surface area contributed by atoms with Crippen molar-refractivity contribution in [2.75, 3.05) is 6.54 Å². The van der Waals surface area contributed by atoms with E-state index in [0.717, 1.165) is 43.9 Å². The van der Waals surface area contributed by atoms with Gasteiger partial charge in [0.2, 0.25) is 0 Å². The maximum absolute atomic E-state index is 13.4. The highest BCUT2D eigenvalue weighted by Crippen LogP contribution is 2.24. The molecule has 6 nitrogen and oxygen atoms in total. The fourth-order valence-electron chi connectivity index (χ4n) is 2.74. The van der Waals surface area contributed by atoms with Gasteiger partial charge in [-0.3, -0.25) is 14.9 Å². The molecule has 2 unspecified atom stereocenters. The van der Waals surface area contributed by atoms with Gasteiger partial charge in [-0.25, -0.2) is 4.39 Å². The molecule has 1 saturated carbocycles. The molecule has 0 heterocycles. The van der Waals surface area contributed by atoms with Gasteiger partial charge in [0.15, 0.2) is 0 Å². The van der Waals surface area contributed by atoms with Crippen LogP contribution in [0.25, 0.3) is 0 Å². The fraction of sp³-hybridized carbons (Fsp3) is 0.500. The van der Waals surface area contributed by atoms with E-state index >= 15 is 0 Å². The van der Waals surface area contributed by atoms with E-state index in [0.29, 0.717) is 6.54 Å². The highest BCUT2D eigenvalue weighted by atomic mass is 19.1. The molecule has 1 amide bonds. The van der Waals surface area contributed by atoms with Crippen LogP contribution in [0, 0.1) is 21.8 Å². The van der Waals surface area contributed by atoms with Crippen LogP contribution < -0.4 is 11.1 Å². The lowest BCUT2D eigenvalue weighted by atomic mass is 9.84. The van der Waals surface area contributed by atoms with Gasteiger partial charge in [-0.1, -0.05) is 12.8 Å². The van der Waals surface area contributed by atoms with Crippen molar-refractivity contribution >= 4 is 11.6 Å². The number of benzene rings is 1. The summed E-state index contributed by atoms with van der Waals surface area (Å²) >= 11 is 0. The van der Waals surface area contributed by atoms with Crippen molar-refractivity contribution < 1.29 is 14.1 Å². The SMILES string of the molecule is NCC1CCCCC1NC(=O)c1cc(F)cc([N+](=O)[O-])c1. The minimum atomic E-state index is -0.798. The number of nitrogens with one attached hydrogen (secondary N) is 1. The van der Waals surface area contributed by atoms with Crippen molar-refractivity contribution in [2.24, 2.45) is 11.7 Å². The summed E-state index contributed by atoms with van der Waals surface area (Å²) in [5.41, 5.74) is 5.23. The Morgan fingerprint density at radius 1 is 1.38 bits per heavy atom. The lowest BCUT2D eigenvalue weighted by Crippen LogP contribution is -2.44. The third-order valence-electron chi connectivity index (χ3n) is 3.88. The number of halogens is 1. The summed E-state index contributed by atoms with van der Waals surface area (Å²) in [6.07, 6.45) is 3.86. The molecule has 1 aromatic carbocycles. The van der Waals surface area contributed by atoms with Gasteiger partial charge in [-0.15, -0.1) is 0 Å². The quantitative estimate of drug-likeness (QED) is 0.655. The summed E-state index contributed by atoms with van der Waals surface area (Å²) in [6.45, 7) is 0.480. The van der Waals surface area contributed by atoms with E-state index in [4.69, 9.17) is 5.73 Å². The highest BCUT2D eigenvalue weighted by Gasteiger charge is 2.26. The molecule has 2 atom stereocenters. The van der Waals surface area contributed by atoms with E-state index in [2.05, 4.69) is 5.32 Å². The Hall–Kier alpha value is -2.02. The van der Waals surface area contributed by atoms with Crippen LogP contribution in [0.15, 0.2) is 18.2 Å². The second-order valence-electron chi connectivity index (χ2n) is 5.32. The topological polar surface area (TPSA) is 98.3 Å². The average molecular weight is 295 g/mol. The Morgan fingerprint density at radius 2 is 2.10 bits per heavy atom. The average Bonchev–Trinajstić information content (AvgIpc) is 2.47. The van der Waals surface area contributed by atoms with Gasteiger partial charge in [-0.05, 0) is 31.4 Å². The fourth-order valence-corrected chi connectivity index (χ4v) is 2.74. The molecule has 0 bridgehead atoms. The molecule has 3 N–H and O–H groups in total. The lowest BCUT2D eigenvalue weighted by Gasteiger charge is -2.31. The van der Waals surface area contributed by atoms with E-state index in [-0.39, 0.29) is 17.5 Å². The molecule has 2 rings (SSSR count). The first-order valence-electron chi connectivity index (χ1n) is 6.97. The molecule has 1 aromatic rings. The number of hydrogen-bond donors (Lipinski definition) is 2. The smallest absolute Gasteiger partial charge is 0.273 e. The summed E-state index contributed by atoms with van der Waals surface area (Å²) in [6, 6.07) is 2.82. The van der Waals surface area contributed by atoms with Crippen LogP contribution >= 0.6 is 0 Å². The predicted octanol–water partition coefficient (Wildman–Crippen LogP) is 1.98. The lowest BCUT2D eigenvalue weighted by molar-refractivity contribution is -0.385. The van der Waals surface area contributed by atoms with E-state index in [9.17, 15) is 19.3 Å². The van der Waals surface area contributed by atoms with Crippen LogP contribution in [0.5, 0.6) is 0 Å². The van der Waals surface area contributed by atoms with Crippen molar-refractivity contribution in [3.8, 4) is 0 Å². The molecular formula is C14H18FN3O3. The molecule has 0 radical (unpaired) electrons. The van der Waals surface area contributed by atoms with E-state index in [1.165, 1.54) is 0 Å². The minimum Gasteiger partial charge on any atom is -0.349 e. The zero-order chi connectivity index (χ0) is 15.4. The predicted molar refractivity (Wildman–Crippen MR) is 75.3 cm³/mol. The third kappa shape index (κ3) is 3.75. The normalized spacial score (nSPS) is 21.8. The molecular weight excluding hydrogens is 277 g/mol. The summed E-state index contributed by atoms with van der Waals surface area (Å²) in [7, 11) is 0. The Labute approximate surface area is 121 Å². The highest BCUT2D eigenvalue weighted by molar-refractivity contribution is 5.95. The maximum Gasteiger partial charge on any atom is 0.273 e. The second kappa shape index (κ2) is 6.62. The number of carbonyl (C=O) groups is 1. The molecule has 7 heteroatoms. The second-order valence-corrected chi connectivity index (χ2v) is 5.32. The maximum atomic E-state index is 13.4. The van der Waals surface area contributed by atoms with Crippen LogP contribution in [0.2, 0.25) is 0 Å². The number of nitro groups is 1. The summed E-state index contributed by atoms with van der Waals surface area (Å²) in [5, 5.41) is 13.5. The van der Waals surface area contributed by atoms with Crippen molar-refractivity contribution in [1.82, 2.24) is 5.32 Å². The standard InChI is InChI=1S/C14H18FN3O3/c15-11-5-10(6-12(7-11)18(20)21)14(19)17-13-4-2-1-3-9(13)8-16/h5-7,9,13H,1-4,8,16H2,(H,17,19). The van der Waals surface area contributed by atoms with Crippen LogP contribution in [-0.4, -0.2) is 23.4 Å². The van der Waals surface area contributed by atoms with Gasteiger partial charge in [0.25, 0.3) is 11.6 Å². The molecule has 1 fully saturated rings. The monoisotopic (exact) mass is 295 g/mol. The first-order chi connectivity index (χ1) is 10.0. The van der Waals surface area contributed by atoms with Gasteiger partial charge in [0, 0.05) is 17.7 Å². The van der Waals surface area contributed by atoms with E-state index in [1.54, 1.807) is 0 Å². The molecule has 21 heavy (non-hydrogen) atoms. The molecule has 1 aliphatic rings. The van der Waals surface area contributed by atoms with Gasteiger partial charge < -0.3 is 11.1 Å². The Balaban J connectivity index is 2.14. The number of carbonyl (C=O) groups excluding carboxylic acids is 1. The first-order valence-corrected chi connectivity index (χ1v) is 6.97. The van der Waals surface area contributed by atoms with Crippen molar-refractivity contribution in [2.45, 2.75) is 31.7 Å². The van der Waals surface area contributed by atoms with Crippen LogP contribution in [0.3, 0.4) is 0 Å². The Kier molecular flexibility index (Phi) is 4.85. The molecule has 0 aromatic heterocycles. The Morgan fingerprint density at radius 3 is 2.76 bits per heavy atom. The van der Waals surface area contributed by atoms with Crippen LogP contribution in [0.1, 0.15) is 36.0 Å². The summed E-state index contributed by atoms with van der Waals surface area (Å²) in [5.74, 6) is -1.09. The number of rotatable bonds is 4. The van der Waals surface area contributed by atoms with E-state index < -0.39 is 22.3 Å². The zero-order valence-electron chi connectivity index (χ0n) is 11.5. The molecule has 1 aliphatic carbocycles. The van der Waals surface area contributed by atoms with Crippen molar-refractivity contribution in [1.29, 1.82) is 0 Å². The summed E-state index contributed by atoms with van der Waals surface area (Å²) in [4.78, 5) is 22.1. The number of nitrogens with two attached hydrogens (primary N) is 1. The zero-order valence-corrected chi connectivity index (χ0v) is 11.5. The minimum absolute atomic E-state index is 0.0388.